The summed E-state index contributed by atoms with van der Waals surface area (Å²) in [4.78, 5) is 9.86. The summed E-state index contributed by atoms with van der Waals surface area (Å²) in [5, 5.41) is 8.97. The number of halogens is 1. The van der Waals surface area contributed by atoms with Crippen molar-refractivity contribution in [2.24, 2.45) is 0 Å². The van der Waals surface area contributed by atoms with E-state index in [-0.39, 0.29) is 11.5 Å². The van der Waals surface area contributed by atoms with Crippen LogP contribution in [-0.2, 0) is 6.54 Å². The van der Waals surface area contributed by atoms with Gasteiger partial charge in [-0.2, -0.15) is 5.26 Å². The Kier molecular flexibility index (Phi) is 3.71. The highest BCUT2D eigenvalue weighted by atomic mass is 19.1. The molecule has 0 saturated carbocycles. The normalized spacial score (nSPS) is 10.0. The Bertz CT molecular complexity index is 634. The zero-order valence-corrected chi connectivity index (χ0v) is 10.8. The number of hydrogen-bond acceptors (Lipinski definition) is 4. The Balaban J connectivity index is 2.23. The molecule has 0 aliphatic carbocycles. The van der Waals surface area contributed by atoms with Crippen molar-refractivity contribution in [3.8, 4) is 6.07 Å². The molecule has 0 fully saturated rings. The van der Waals surface area contributed by atoms with Crippen LogP contribution >= 0.6 is 0 Å². The molecule has 0 aliphatic heterocycles. The maximum absolute atomic E-state index is 13.5. The van der Waals surface area contributed by atoms with Crippen LogP contribution in [0.15, 0.2) is 30.6 Å². The number of aryl methyl sites for hydroxylation is 1. The van der Waals surface area contributed by atoms with Crippen LogP contribution in [0.25, 0.3) is 0 Å². The molecule has 2 aromatic rings. The highest BCUT2D eigenvalue weighted by Gasteiger charge is 2.10. The molecule has 0 radical (unpaired) electrons. The van der Waals surface area contributed by atoms with Crippen LogP contribution in [0.4, 0.5) is 10.2 Å². The molecule has 0 spiro atoms. The fourth-order valence-electron chi connectivity index (χ4n) is 1.77. The van der Waals surface area contributed by atoms with E-state index >= 15 is 0 Å². The van der Waals surface area contributed by atoms with Gasteiger partial charge in [-0.3, -0.25) is 0 Å². The van der Waals surface area contributed by atoms with Crippen LogP contribution in [0.1, 0.15) is 16.8 Å². The van der Waals surface area contributed by atoms with E-state index in [0.29, 0.717) is 17.9 Å². The molecule has 5 heteroatoms. The molecule has 1 aromatic carbocycles. The molecule has 19 heavy (non-hydrogen) atoms. The van der Waals surface area contributed by atoms with Crippen LogP contribution < -0.4 is 4.90 Å². The van der Waals surface area contributed by atoms with Gasteiger partial charge in [-0.05, 0) is 24.1 Å². The number of aromatic nitrogens is 2. The first kappa shape index (κ1) is 13.0. The molecule has 1 heterocycles. The summed E-state index contributed by atoms with van der Waals surface area (Å²) < 4.78 is 13.5. The van der Waals surface area contributed by atoms with Crippen LogP contribution in [0.5, 0.6) is 0 Å². The second kappa shape index (κ2) is 5.44. The van der Waals surface area contributed by atoms with Crippen LogP contribution in [0, 0.1) is 24.1 Å². The molecule has 0 bridgehead atoms. The quantitative estimate of drug-likeness (QED) is 0.846. The summed E-state index contributed by atoms with van der Waals surface area (Å²) >= 11 is 0. The monoisotopic (exact) mass is 256 g/mol. The third-order valence-electron chi connectivity index (χ3n) is 2.80. The molecule has 0 unspecified atom stereocenters. The van der Waals surface area contributed by atoms with Gasteiger partial charge in [0.15, 0.2) is 11.5 Å². The molecule has 0 N–H and O–H groups in total. The number of benzene rings is 1. The van der Waals surface area contributed by atoms with Gasteiger partial charge < -0.3 is 4.90 Å². The van der Waals surface area contributed by atoms with Gasteiger partial charge in [-0.25, -0.2) is 14.4 Å². The number of anilines is 1. The zero-order chi connectivity index (χ0) is 13.8. The SMILES string of the molecule is Cc1ccc(CN(C)c2nccnc2C#N)cc1F. The predicted molar refractivity (Wildman–Crippen MR) is 70.0 cm³/mol. The first-order chi connectivity index (χ1) is 9.11. The van der Waals surface area contributed by atoms with Gasteiger partial charge in [0, 0.05) is 26.0 Å². The Hall–Kier alpha value is -2.48. The first-order valence-corrected chi connectivity index (χ1v) is 5.79. The van der Waals surface area contributed by atoms with Crippen molar-refractivity contribution in [2.45, 2.75) is 13.5 Å². The van der Waals surface area contributed by atoms with E-state index in [9.17, 15) is 4.39 Å². The minimum Gasteiger partial charge on any atom is -0.353 e. The highest BCUT2D eigenvalue weighted by molar-refractivity contribution is 5.49. The number of rotatable bonds is 3. The lowest BCUT2D eigenvalue weighted by atomic mass is 10.1. The van der Waals surface area contributed by atoms with E-state index in [4.69, 9.17) is 5.26 Å². The van der Waals surface area contributed by atoms with Crippen molar-refractivity contribution in [3.05, 3.63) is 53.2 Å². The molecular formula is C14H13FN4. The summed E-state index contributed by atoms with van der Waals surface area (Å²) in [5.41, 5.74) is 1.70. The largest absolute Gasteiger partial charge is 0.353 e. The van der Waals surface area contributed by atoms with Gasteiger partial charge in [0.1, 0.15) is 11.9 Å². The average Bonchev–Trinajstić information content (AvgIpc) is 2.43. The van der Waals surface area contributed by atoms with E-state index in [1.165, 1.54) is 18.5 Å². The Morgan fingerprint density at radius 3 is 2.74 bits per heavy atom. The van der Waals surface area contributed by atoms with E-state index < -0.39 is 0 Å². The van der Waals surface area contributed by atoms with Gasteiger partial charge in [0.25, 0.3) is 0 Å². The predicted octanol–water partition coefficient (Wildman–Crippen LogP) is 2.43. The molecule has 1 aromatic heterocycles. The minimum absolute atomic E-state index is 0.231. The van der Waals surface area contributed by atoms with Crippen molar-refractivity contribution in [1.82, 2.24) is 9.97 Å². The van der Waals surface area contributed by atoms with Crippen LogP contribution in [-0.4, -0.2) is 17.0 Å². The molecule has 96 valence electrons. The van der Waals surface area contributed by atoms with E-state index in [1.54, 1.807) is 24.9 Å². The van der Waals surface area contributed by atoms with E-state index in [1.807, 2.05) is 12.1 Å². The summed E-state index contributed by atoms with van der Waals surface area (Å²) in [7, 11) is 1.79. The number of nitriles is 1. The number of hydrogen-bond donors (Lipinski definition) is 0. The lowest BCUT2D eigenvalue weighted by molar-refractivity contribution is 0.615. The molecule has 0 atom stereocenters. The van der Waals surface area contributed by atoms with E-state index in [2.05, 4.69) is 9.97 Å². The summed E-state index contributed by atoms with van der Waals surface area (Å²) in [6.45, 7) is 2.18. The Labute approximate surface area is 111 Å². The first-order valence-electron chi connectivity index (χ1n) is 5.79. The summed E-state index contributed by atoms with van der Waals surface area (Å²) in [5.74, 6) is 0.261. The van der Waals surface area contributed by atoms with Gasteiger partial charge in [0.05, 0.1) is 0 Å². The fraction of sp³-hybridized carbons (Fsp3) is 0.214. The minimum atomic E-state index is -0.231. The van der Waals surface area contributed by atoms with Crippen molar-refractivity contribution in [1.29, 1.82) is 5.26 Å². The number of nitrogens with zero attached hydrogens (tertiary/aromatic N) is 4. The highest BCUT2D eigenvalue weighted by Crippen LogP contribution is 2.16. The lowest BCUT2D eigenvalue weighted by Crippen LogP contribution is -2.19. The van der Waals surface area contributed by atoms with Crippen LogP contribution in [0.3, 0.4) is 0 Å². The molecule has 2 rings (SSSR count). The van der Waals surface area contributed by atoms with Gasteiger partial charge >= 0.3 is 0 Å². The maximum Gasteiger partial charge on any atom is 0.183 e. The van der Waals surface area contributed by atoms with Gasteiger partial charge in [-0.15, -0.1) is 0 Å². The summed E-state index contributed by atoms with van der Waals surface area (Å²) in [6.07, 6.45) is 3.00. The third-order valence-corrected chi connectivity index (χ3v) is 2.80. The maximum atomic E-state index is 13.5. The van der Waals surface area contributed by atoms with Crippen molar-refractivity contribution in [3.63, 3.8) is 0 Å². The van der Waals surface area contributed by atoms with Gasteiger partial charge in [-0.1, -0.05) is 12.1 Å². The van der Waals surface area contributed by atoms with Crippen molar-refractivity contribution < 1.29 is 4.39 Å². The zero-order valence-electron chi connectivity index (χ0n) is 10.8. The van der Waals surface area contributed by atoms with Crippen LogP contribution in [0.2, 0.25) is 0 Å². The van der Waals surface area contributed by atoms with Gasteiger partial charge in [0.2, 0.25) is 0 Å². The topological polar surface area (TPSA) is 52.8 Å². The fourth-order valence-corrected chi connectivity index (χ4v) is 1.77. The second-order valence-corrected chi connectivity index (χ2v) is 4.28. The molecule has 0 amide bonds. The molecule has 0 aliphatic rings. The Morgan fingerprint density at radius 1 is 1.32 bits per heavy atom. The van der Waals surface area contributed by atoms with Crippen molar-refractivity contribution >= 4 is 5.82 Å². The molecule has 4 nitrogen and oxygen atoms in total. The van der Waals surface area contributed by atoms with Crippen molar-refractivity contribution in [2.75, 3.05) is 11.9 Å². The Morgan fingerprint density at radius 2 is 2.05 bits per heavy atom. The summed E-state index contributed by atoms with van der Waals surface area (Å²) in [6, 6.07) is 7.08. The smallest absolute Gasteiger partial charge is 0.183 e. The molecule has 0 saturated heterocycles. The molecular weight excluding hydrogens is 243 g/mol. The van der Waals surface area contributed by atoms with E-state index in [0.717, 1.165) is 5.56 Å². The third kappa shape index (κ3) is 2.86. The average molecular weight is 256 g/mol. The lowest BCUT2D eigenvalue weighted by Gasteiger charge is -2.18. The standard InChI is InChI=1S/C14H13FN4/c1-10-3-4-11(7-12(10)15)9-19(2)14-13(8-16)17-5-6-18-14/h3-7H,9H2,1-2H3. The second-order valence-electron chi connectivity index (χ2n) is 4.28.